The Kier molecular flexibility index (Phi) is 11.1. The third-order valence-electron chi connectivity index (χ3n) is 3.37. The molecule has 2 unspecified atom stereocenters. The summed E-state index contributed by atoms with van der Waals surface area (Å²) in [5.74, 6) is -1.61. The summed E-state index contributed by atoms with van der Waals surface area (Å²) in [6.07, 6.45) is 1.02. The van der Waals surface area contributed by atoms with Gasteiger partial charge in [0.1, 0.15) is 0 Å². The second kappa shape index (κ2) is 10.7. The quantitative estimate of drug-likeness (QED) is 0.639. The summed E-state index contributed by atoms with van der Waals surface area (Å²) < 4.78 is 30.8. The van der Waals surface area contributed by atoms with Crippen LogP contribution in [0.15, 0.2) is 0 Å². The van der Waals surface area contributed by atoms with Crippen LogP contribution in [-0.4, -0.2) is 55.1 Å². The minimum absolute atomic E-state index is 0.0284. The van der Waals surface area contributed by atoms with Crippen LogP contribution >= 0.6 is 0 Å². The van der Waals surface area contributed by atoms with E-state index in [9.17, 15) is 18.0 Å². The standard InChI is InChI=1S/C14H28N2O5S.C2H6/c1-7-11(13(18)16(5)6)8-10(2)12(17)15-14(3,4)9-22(19,20)21;1-2/h10-11H,7-9H2,1-6H3,(H,15,17)(H,19,20,21);1-2H3. The molecule has 0 aliphatic rings. The largest absolute Gasteiger partial charge is 0.350 e. The van der Waals surface area contributed by atoms with Crippen molar-refractivity contribution in [2.24, 2.45) is 11.8 Å². The summed E-state index contributed by atoms with van der Waals surface area (Å²) >= 11 is 0. The zero-order valence-electron chi connectivity index (χ0n) is 16.2. The van der Waals surface area contributed by atoms with Gasteiger partial charge in [0.15, 0.2) is 0 Å². The Balaban J connectivity index is 0. The van der Waals surface area contributed by atoms with E-state index < -0.39 is 27.3 Å². The van der Waals surface area contributed by atoms with E-state index in [0.29, 0.717) is 12.8 Å². The molecule has 0 aromatic rings. The SMILES string of the molecule is CC.CCC(CC(C)C(=O)NC(C)(C)CS(=O)(=O)O)C(=O)N(C)C. The van der Waals surface area contributed by atoms with Crippen LogP contribution in [0.25, 0.3) is 0 Å². The molecule has 8 heteroatoms. The van der Waals surface area contributed by atoms with Crippen LogP contribution < -0.4 is 5.32 Å². The van der Waals surface area contributed by atoms with Gasteiger partial charge in [-0.2, -0.15) is 8.42 Å². The summed E-state index contributed by atoms with van der Waals surface area (Å²) in [5, 5.41) is 2.61. The molecule has 0 saturated carbocycles. The number of carbonyl (C=O) groups is 2. The molecule has 0 aliphatic heterocycles. The topological polar surface area (TPSA) is 104 Å². The van der Waals surface area contributed by atoms with Crippen molar-refractivity contribution in [3.8, 4) is 0 Å². The molecule has 2 N–H and O–H groups in total. The van der Waals surface area contributed by atoms with Gasteiger partial charge in [-0.05, 0) is 26.7 Å². The first-order chi connectivity index (χ1) is 10.8. The molecule has 2 atom stereocenters. The number of hydrogen-bond acceptors (Lipinski definition) is 4. The van der Waals surface area contributed by atoms with Crippen molar-refractivity contribution in [2.75, 3.05) is 19.8 Å². The maximum Gasteiger partial charge on any atom is 0.267 e. The number of carbonyl (C=O) groups excluding carboxylic acids is 2. The smallest absolute Gasteiger partial charge is 0.267 e. The molecule has 0 fully saturated rings. The van der Waals surface area contributed by atoms with Crippen molar-refractivity contribution in [3.63, 3.8) is 0 Å². The summed E-state index contributed by atoms with van der Waals surface area (Å²) in [7, 11) is -0.838. The highest BCUT2D eigenvalue weighted by atomic mass is 32.2. The number of rotatable bonds is 8. The van der Waals surface area contributed by atoms with E-state index in [-0.39, 0.29) is 17.7 Å². The number of nitrogens with zero attached hydrogens (tertiary/aromatic N) is 1. The number of amides is 2. The average Bonchev–Trinajstić information content (AvgIpc) is 2.42. The van der Waals surface area contributed by atoms with Gasteiger partial charge in [0, 0.05) is 25.9 Å². The van der Waals surface area contributed by atoms with Gasteiger partial charge >= 0.3 is 0 Å². The van der Waals surface area contributed by atoms with Crippen molar-refractivity contribution < 1.29 is 22.6 Å². The Morgan fingerprint density at radius 1 is 1.21 bits per heavy atom. The van der Waals surface area contributed by atoms with E-state index in [1.54, 1.807) is 21.0 Å². The number of hydrogen-bond donors (Lipinski definition) is 2. The maximum absolute atomic E-state index is 12.2. The van der Waals surface area contributed by atoms with E-state index in [4.69, 9.17) is 4.55 Å². The minimum atomic E-state index is -4.18. The Morgan fingerprint density at radius 2 is 1.67 bits per heavy atom. The highest BCUT2D eigenvalue weighted by Gasteiger charge is 2.30. The summed E-state index contributed by atoms with van der Waals surface area (Å²) in [6, 6.07) is 0. The van der Waals surface area contributed by atoms with Crippen molar-refractivity contribution in [1.29, 1.82) is 0 Å². The fraction of sp³-hybridized carbons (Fsp3) is 0.875. The molecule has 0 heterocycles. The zero-order chi connectivity index (χ0) is 19.7. The van der Waals surface area contributed by atoms with Gasteiger partial charge in [0.2, 0.25) is 11.8 Å². The molecule has 0 rings (SSSR count). The normalized spacial score (nSPS) is 14.0. The van der Waals surface area contributed by atoms with Gasteiger partial charge in [-0.25, -0.2) is 0 Å². The van der Waals surface area contributed by atoms with Crippen molar-refractivity contribution in [3.05, 3.63) is 0 Å². The molecule has 0 radical (unpaired) electrons. The fourth-order valence-corrected chi connectivity index (χ4v) is 3.27. The molecule has 0 aromatic heterocycles. The highest BCUT2D eigenvalue weighted by Crippen LogP contribution is 2.19. The second-order valence-electron chi connectivity index (χ2n) is 6.57. The van der Waals surface area contributed by atoms with Crippen LogP contribution in [0.5, 0.6) is 0 Å². The molecule has 0 spiro atoms. The predicted octanol–water partition coefficient (Wildman–Crippen LogP) is 1.94. The summed E-state index contributed by atoms with van der Waals surface area (Å²) in [6.45, 7) is 10.6. The Labute approximate surface area is 146 Å². The molecule has 0 saturated heterocycles. The van der Waals surface area contributed by atoms with Gasteiger partial charge in [-0.3, -0.25) is 14.1 Å². The lowest BCUT2D eigenvalue weighted by atomic mass is 9.91. The molecule has 0 aliphatic carbocycles. The highest BCUT2D eigenvalue weighted by molar-refractivity contribution is 7.85. The lowest BCUT2D eigenvalue weighted by Gasteiger charge is -2.28. The molecule has 24 heavy (non-hydrogen) atoms. The third kappa shape index (κ3) is 10.6. The second-order valence-corrected chi connectivity index (χ2v) is 8.03. The first-order valence-electron chi connectivity index (χ1n) is 8.27. The third-order valence-corrected chi connectivity index (χ3v) is 4.46. The Hall–Kier alpha value is -1.15. The van der Waals surface area contributed by atoms with Gasteiger partial charge < -0.3 is 10.2 Å². The average molecular weight is 367 g/mol. The molecular formula is C16H34N2O5S. The van der Waals surface area contributed by atoms with Crippen LogP contribution in [0.1, 0.15) is 54.4 Å². The molecule has 7 nitrogen and oxygen atoms in total. The zero-order valence-corrected chi connectivity index (χ0v) is 17.0. The molecule has 0 aromatic carbocycles. The van der Waals surface area contributed by atoms with Crippen molar-refractivity contribution in [1.82, 2.24) is 10.2 Å². The lowest BCUT2D eigenvalue weighted by molar-refractivity contribution is -0.134. The van der Waals surface area contributed by atoms with Crippen LogP contribution in [-0.2, 0) is 19.7 Å². The fourth-order valence-electron chi connectivity index (χ4n) is 2.29. The minimum Gasteiger partial charge on any atom is -0.350 e. The van der Waals surface area contributed by atoms with E-state index in [2.05, 4.69) is 5.32 Å². The van der Waals surface area contributed by atoms with E-state index in [1.165, 1.54) is 18.7 Å². The Bertz CT molecular complexity index is 501. The number of nitrogens with one attached hydrogen (secondary N) is 1. The first-order valence-corrected chi connectivity index (χ1v) is 9.88. The van der Waals surface area contributed by atoms with Gasteiger partial charge in [-0.15, -0.1) is 0 Å². The maximum atomic E-state index is 12.2. The van der Waals surface area contributed by atoms with Crippen LogP contribution in [0.2, 0.25) is 0 Å². The molecular weight excluding hydrogens is 332 g/mol. The van der Waals surface area contributed by atoms with Crippen LogP contribution in [0.4, 0.5) is 0 Å². The van der Waals surface area contributed by atoms with E-state index in [0.717, 1.165) is 0 Å². The molecule has 2 amide bonds. The Morgan fingerprint density at radius 3 is 2.00 bits per heavy atom. The monoisotopic (exact) mass is 366 g/mol. The van der Waals surface area contributed by atoms with E-state index in [1.807, 2.05) is 20.8 Å². The molecule has 0 bridgehead atoms. The summed E-state index contributed by atoms with van der Waals surface area (Å²) in [5.41, 5.74) is -1.08. The van der Waals surface area contributed by atoms with Gasteiger partial charge in [0.25, 0.3) is 10.1 Å². The first kappa shape index (κ1) is 25.1. The summed E-state index contributed by atoms with van der Waals surface area (Å²) in [4.78, 5) is 25.7. The van der Waals surface area contributed by atoms with Gasteiger partial charge in [-0.1, -0.05) is 27.7 Å². The predicted molar refractivity (Wildman–Crippen MR) is 96.2 cm³/mol. The lowest BCUT2D eigenvalue weighted by Crippen LogP contribution is -2.50. The van der Waals surface area contributed by atoms with Crippen molar-refractivity contribution >= 4 is 21.9 Å². The van der Waals surface area contributed by atoms with Crippen molar-refractivity contribution in [2.45, 2.75) is 59.9 Å². The van der Waals surface area contributed by atoms with E-state index >= 15 is 0 Å². The van der Waals surface area contributed by atoms with Gasteiger partial charge in [0.05, 0.1) is 11.3 Å². The van der Waals surface area contributed by atoms with Crippen LogP contribution in [0.3, 0.4) is 0 Å². The van der Waals surface area contributed by atoms with Crippen LogP contribution in [0, 0.1) is 11.8 Å². The molecule has 144 valence electrons.